The predicted octanol–water partition coefficient (Wildman–Crippen LogP) is 3.69. The smallest absolute Gasteiger partial charge is 0.416 e. The summed E-state index contributed by atoms with van der Waals surface area (Å²) in [5.74, 6) is 1.11. The van der Waals surface area contributed by atoms with Crippen molar-refractivity contribution in [1.82, 2.24) is 4.90 Å². The summed E-state index contributed by atoms with van der Waals surface area (Å²) >= 11 is 0. The number of ether oxygens (including phenoxy) is 2. The molecule has 0 spiro atoms. The van der Waals surface area contributed by atoms with Crippen LogP contribution in [0.15, 0.2) is 42.5 Å². The molecule has 1 fully saturated rings. The van der Waals surface area contributed by atoms with Gasteiger partial charge in [0.2, 0.25) is 0 Å². The van der Waals surface area contributed by atoms with E-state index < -0.39 is 11.7 Å². The van der Waals surface area contributed by atoms with Crippen LogP contribution in [-0.4, -0.2) is 51.2 Å². The van der Waals surface area contributed by atoms with E-state index in [9.17, 15) is 18.0 Å². The first-order chi connectivity index (χ1) is 13.3. The fraction of sp³-hybridized carbons (Fsp3) is 0.350. The SMILES string of the molecule is COc1ccc(N2CCN(C(=O)c3ccc(C(F)(F)F)cc3)CC2)c(OC)c1. The average molecular weight is 394 g/mol. The standard InChI is InChI=1S/C20H21F3N2O3/c1-27-16-7-8-17(18(13-16)28-2)24-9-11-25(12-10-24)19(26)14-3-5-15(6-4-14)20(21,22)23/h3-8,13H,9-12H2,1-2H3. The van der Waals surface area contributed by atoms with Gasteiger partial charge in [0, 0.05) is 37.8 Å². The van der Waals surface area contributed by atoms with Crippen molar-refractivity contribution in [1.29, 1.82) is 0 Å². The molecule has 0 unspecified atom stereocenters. The van der Waals surface area contributed by atoms with Crippen LogP contribution < -0.4 is 14.4 Å². The highest BCUT2D eigenvalue weighted by Crippen LogP contribution is 2.33. The molecule has 28 heavy (non-hydrogen) atoms. The Morgan fingerprint density at radius 3 is 2.11 bits per heavy atom. The molecule has 0 aliphatic carbocycles. The third-order valence-corrected chi connectivity index (χ3v) is 4.75. The molecule has 0 saturated carbocycles. The lowest BCUT2D eigenvalue weighted by atomic mass is 10.1. The van der Waals surface area contributed by atoms with Gasteiger partial charge >= 0.3 is 6.18 Å². The van der Waals surface area contributed by atoms with Crippen LogP contribution in [-0.2, 0) is 6.18 Å². The normalized spacial score (nSPS) is 14.8. The molecule has 1 aliphatic heterocycles. The Kier molecular flexibility index (Phi) is 5.67. The number of piperazine rings is 1. The van der Waals surface area contributed by atoms with Gasteiger partial charge in [-0.2, -0.15) is 13.2 Å². The summed E-state index contributed by atoms with van der Waals surface area (Å²) in [7, 11) is 3.17. The van der Waals surface area contributed by atoms with Gasteiger partial charge < -0.3 is 19.3 Å². The number of benzene rings is 2. The van der Waals surface area contributed by atoms with Crippen LogP contribution in [0.25, 0.3) is 0 Å². The third kappa shape index (κ3) is 4.16. The van der Waals surface area contributed by atoms with Crippen LogP contribution >= 0.6 is 0 Å². The minimum atomic E-state index is -4.41. The molecule has 1 amide bonds. The molecule has 2 aromatic carbocycles. The van der Waals surface area contributed by atoms with Gasteiger partial charge in [0.25, 0.3) is 5.91 Å². The number of methoxy groups -OCH3 is 2. The van der Waals surface area contributed by atoms with Gasteiger partial charge in [-0.15, -0.1) is 0 Å². The number of carbonyl (C=O) groups excluding carboxylic acids is 1. The van der Waals surface area contributed by atoms with Crippen molar-refractivity contribution < 1.29 is 27.4 Å². The Labute approximate surface area is 161 Å². The second-order valence-electron chi connectivity index (χ2n) is 6.39. The number of amides is 1. The van der Waals surface area contributed by atoms with Gasteiger partial charge in [0.1, 0.15) is 11.5 Å². The van der Waals surface area contributed by atoms with Crippen molar-refractivity contribution in [3.63, 3.8) is 0 Å². The second-order valence-corrected chi connectivity index (χ2v) is 6.39. The van der Waals surface area contributed by atoms with E-state index in [1.54, 1.807) is 25.2 Å². The lowest BCUT2D eigenvalue weighted by Gasteiger charge is -2.36. The summed E-state index contributed by atoms with van der Waals surface area (Å²) in [6.07, 6.45) is -4.41. The largest absolute Gasteiger partial charge is 0.497 e. The molecule has 5 nitrogen and oxygen atoms in total. The Morgan fingerprint density at radius 2 is 1.57 bits per heavy atom. The topological polar surface area (TPSA) is 42.0 Å². The van der Waals surface area contributed by atoms with E-state index >= 15 is 0 Å². The van der Waals surface area contributed by atoms with Crippen molar-refractivity contribution in [3.8, 4) is 11.5 Å². The number of halogens is 3. The predicted molar refractivity (Wildman–Crippen MR) is 99.1 cm³/mol. The number of nitrogens with zero attached hydrogens (tertiary/aromatic N) is 2. The summed E-state index contributed by atoms with van der Waals surface area (Å²) < 4.78 is 48.6. The minimum absolute atomic E-state index is 0.253. The van der Waals surface area contributed by atoms with Gasteiger partial charge in [0.05, 0.1) is 25.5 Å². The number of hydrogen-bond donors (Lipinski definition) is 0. The summed E-state index contributed by atoms with van der Waals surface area (Å²) in [5, 5.41) is 0. The van der Waals surface area contributed by atoms with Crippen LogP contribution in [0.5, 0.6) is 11.5 Å². The highest BCUT2D eigenvalue weighted by Gasteiger charge is 2.31. The number of carbonyl (C=O) groups is 1. The van der Waals surface area contributed by atoms with Gasteiger partial charge in [-0.3, -0.25) is 4.79 Å². The zero-order valence-electron chi connectivity index (χ0n) is 15.6. The molecule has 0 N–H and O–H groups in total. The summed E-state index contributed by atoms with van der Waals surface area (Å²) in [5.41, 5.74) is 0.397. The van der Waals surface area contributed by atoms with E-state index in [4.69, 9.17) is 9.47 Å². The molecule has 8 heteroatoms. The molecular formula is C20H21F3N2O3. The van der Waals surface area contributed by atoms with E-state index in [0.29, 0.717) is 37.7 Å². The fourth-order valence-electron chi connectivity index (χ4n) is 3.18. The number of alkyl halides is 3. The first-order valence-electron chi connectivity index (χ1n) is 8.77. The van der Waals surface area contributed by atoms with E-state index in [1.165, 1.54) is 12.1 Å². The van der Waals surface area contributed by atoms with Crippen molar-refractivity contribution in [2.45, 2.75) is 6.18 Å². The Morgan fingerprint density at radius 1 is 0.929 bits per heavy atom. The van der Waals surface area contributed by atoms with Crippen LogP contribution in [0.2, 0.25) is 0 Å². The zero-order valence-corrected chi connectivity index (χ0v) is 15.6. The van der Waals surface area contributed by atoms with E-state index in [2.05, 4.69) is 4.90 Å². The van der Waals surface area contributed by atoms with Crippen molar-refractivity contribution in [3.05, 3.63) is 53.6 Å². The van der Waals surface area contributed by atoms with Gasteiger partial charge in [-0.25, -0.2) is 0 Å². The number of rotatable bonds is 4. The molecule has 0 aromatic heterocycles. The second kappa shape index (κ2) is 8.00. The Bertz CT molecular complexity index is 830. The van der Waals surface area contributed by atoms with Crippen LogP contribution in [0.4, 0.5) is 18.9 Å². The molecule has 1 aliphatic rings. The lowest BCUT2D eigenvalue weighted by Crippen LogP contribution is -2.48. The van der Waals surface area contributed by atoms with E-state index in [0.717, 1.165) is 17.8 Å². The van der Waals surface area contributed by atoms with Crippen molar-refractivity contribution >= 4 is 11.6 Å². The highest BCUT2D eigenvalue weighted by atomic mass is 19.4. The maximum atomic E-state index is 12.7. The number of anilines is 1. The van der Waals surface area contributed by atoms with Gasteiger partial charge in [-0.1, -0.05) is 0 Å². The lowest BCUT2D eigenvalue weighted by molar-refractivity contribution is -0.137. The molecule has 1 saturated heterocycles. The summed E-state index contributed by atoms with van der Waals surface area (Å²) in [4.78, 5) is 16.3. The minimum Gasteiger partial charge on any atom is -0.497 e. The number of hydrogen-bond acceptors (Lipinski definition) is 4. The van der Waals surface area contributed by atoms with Crippen LogP contribution in [0.1, 0.15) is 15.9 Å². The van der Waals surface area contributed by atoms with E-state index in [1.807, 2.05) is 12.1 Å². The first kappa shape index (κ1) is 19.9. The van der Waals surface area contributed by atoms with Crippen LogP contribution in [0, 0.1) is 0 Å². The molecule has 0 radical (unpaired) electrons. The van der Waals surface area contributed by atoms with Gasteiger partial charge in [-0.05, 0) is 36.4 Å². The zero-order chi connectivity index (χ0) is 20.3. The maximum absolute atomic E-state index is 12.7. The first-order valence-corrected chi connectivity index (χ1v) is 8.77. The fourth-order valence-corrected chi connectivity index (χ4v) is 3.18. The molecule has 0 atom stereocenters. The van der Waals surface area contributed by atoms with Crippen molar-refractivity contribution in [2.24, 2.45) is 0 Å². The van der Waals surface area contributed by atoms with E-state index in [-0.39, 0.29) is 11.5 Å². The molecule has 2 aromatic rings. The monoisotopic (exact) mass is 394 g/mol. The molecular weight excluding hydrogens is 373 g/mol. The molecule has 3 rings (SSSR count). The summed E-state index contributed by atoms with van der Waals surface area (Å²) in [6, 6.07) is 9.88. The quantitative estimate of drug-likeness (QED) is 0.793. The molecule has 150 valence electrons. The maximum Gasteiger partial charge on any atom is 0.416 e. The average Bonchev–Trinajstić information content (AvgIpc) is 2.72. The molecule has 0 bridgehead atoms. The third-order valence-electron chi connectivity index (χ3n) is 4.75. The van der Waals surface area contributed by atoms with Gasteiger partial charge in [0.15, 0.2) is 0 Å². The Hall–Kier alpha value is -2.90. The molecule has 1 heterocycles. The highest BCUT2D eigenvalue weighted by molar-refractivity contribution is 5.94. The van der Waals surface area contributed by atoms with Crippen molar-refractivity contribution in [2.75, 3.05) is 45.3 Å². The summed E-state index contributed by atoms with van der Waals surface area (Å²) in [6.45, 7) is 2.12. The Balaban J connectivity index is 1.66. The van der Waals surface area contributed by atoms with Crippen LogP contribution in [0.3, 0.4) is 0 Å².